The van der Waals surface area contributed by atoms with Crippen LogP contribution in [0.15, 0.2) is 82.1 Å². The maximum atomic E-state index is 13.4. The molecule has 0 aliphatic rings. The molecular weight excluding hydrogens is 416 g/mol. The van der Waals surface area contributed by atoms with Crippen LogP contribution in [0.4, 0.5) is 0 Å². The third kappa shape index (κ3) is 3.71. The normalized spacial score (nSPS) is 10.9. The lowest BCUT2D eigenvalue weighted by Gasteiger charge is -2.15. The van der Waals surface area contributed by atoms with Crippen LogP contribution in [0.25, 0.3) is 22.3 Å². The van der Waals surface area contributed by atoms with E-state index < -0.39 is 0 Å². The zero-order valence-corrected chi connectivity index (χ0v) is 17.0. The molecule has 0 fully saturated rings. The van der Waals surface area contributed by atoms with Crippen molar-refractivity contribution in [3.8, 4) is 17.1 Å². The van der Waals surface area contributed by atoms with Crippen LogP contribution >= 0.6 is 15.9 Å². The molecule has 0 unspecified atom stereocenters. The minimum Gasteiger partial charge on any atom is -0.494 e. The number of halogens is 1. The first kappa shape index (κ1) is 18.4. The fraction of sp³-hybridized carbons (Fsp3) is 0.130. The third-order valence-electron chi connectivity index (χ3n) is 4.50. The zero-order chi connectivity index (χ0) is 19.5. The van der Waals surface area contributed by atoms with Gasteiger partial charge in [0.05, 0.1) is 24.1 Å². The van der Waals surface area contributed by atoms with E-state index >= 15 is 0 Å². The van der Waals surface area contributed by atoms with E-state index in [0.29, 0.717) is 29.9 Å². The maximum absolute atomic E-state index is 13.4. The molecule has 0 spiro atoms. The van der Waals surface area contributed by atoms with Crippen molar-refractivity contribution >= 4 is 26.8 Å². The SMILES string of the molecule is CCOc1cccc(-c2nc3ccc(Br)cc3c(=O)n2Cc2ccccc2)c1. The minimum absolute atomic E-state index is 0.0630. The molecule has 0 atom stereocenters. The number of nitrogens with zero attached hydrogens (tertiary/aromatic N) is 2. The summed E-state index contributed by atoms with van der Waals surface area (Å²) < 4.78 is 8.23. The number of rotatable bonds is 5. The van der Waals surface area contributed by atoms with Gasteiger partial charge in [-0.15, -0.1) is 0 Å². The summed E-state index contributed by atoms with van der Waals surface area (Å²) in [4.78, 5) is 18.2. The summed E-state index contributed by atoms with van der Waals surface area (Å²) in [5, 5.41) is 0.593. The summed E-state index contributed by atoms with van der Waals surface area (Å²) in [5.41, 5.74) is 2.51. The Morgan fingerprint density at radius 3 is 2.61 bits per heavy atom. The van der Waals surface area contributed by atoms with E-state index in [1.165, 1.54) is 0 Å². The molecule has 0 saturated carbocycles. The van der Waals surface area contributed by atoms with Gasteiger partial charge in [-0.25, -0.2) is 4.98 Å². The molecule has 4 aromatic rings. The van der Waals surface area contributed by atoms with Gasteiger partial charge < -0.3 is 4.74 Å². The van der Waals surface area contributed by atoms with Crippen LogP contribution in [0.3, 0.4) is 0 Å². The fourth-order valence-electron chi connectivity index (χ4n) is 3.22. The van der Waals surface area contributed by atoms with Gasteiger partial charge in [-0.3, -0.25) is 9.36 Å². The van der Waals surface area contributed by atoms with E-state index in [2.05, 4.69) is 15.9 Å². The van der Waals surface area contributed by atoms with E-state index in [1.807, 2.05) is 79.7 Å². The monoisotopic (exact) mass is 434 g/mol. The van der Waals surface area contributed by atoms with E-state index in [-0.39, 0.29) is 5.56 Å². The zero-order valence-electron chi connectivity index (χ0n) is 15.4. The van der Waals surface area contributed by atoms with Gasteiger partial charge in [-0.2, -0.15) is 0 Å². The molecule has 0 bridgehead atoms. The highest BCUT2D eigenvalue weighted by Crippen LogP contribution is 2.25. The molecule has 1 heterocycles. The summed E-state index contributed by atoms with van der Waals surface area (Å²) in [5.74, 6) is 1.39. The van der Waals surface area contributed by atoms with Crippen molar-refractivity contribution in [3.63, 3.8) is 0 Å². The Kier molecular flexibility index (Phi) is 5.26. The summed E-state index contributed by atoms with van der Waals surface area (Å²) >= 11 is 3.46. The van der Waals surface area contributed by atoms with Gasteiger partial charge in [0, 0.05) is 10.0 Å². The van der Waals surface area contributed by atoms with E-state index in [9.17, 15) is 4.79 Å². The molecule has 5 heteroatoms. The lowest BCUT2D eigenvalue weighted by Crippen LogP contribution is -2.24. The summed E-state index contributed by atoms with van der Waals surface area (Å²) in [6.07, 6.45) is 0. The highest BCUT2D eigenvalue weighted by molar-refractivity contribution is 9.10. The predicted octanol–water partition coefficient (Wildman–Crippen LogP) is 5.27. The molecule has 0 N–H and O–H groups in total. The van der Waals surface area contributed by atoms with Crippen molar-refractivity contribution < 1.29 is 4.74 Å². The van der Waals surface area contributed by atoms with E-state index in [1.54, 1.807) is 4.57 Å². The molecular formula is C23H19BrN2O2. The standard InChI is InChI=1S/C23H19BrN2O2/c1-2-28-19-10-6-9-17(13-19)22-25-21-12-11-18(24)14-20(21)23(27)26(22)15-16-7-4-3-5-8-16/h3-14H,2,15H2,1H3. The largest absolute Gasteiger partial charge is 0.494 e. The Labute approximate surface area is 171 Å². The first-order valence-electron chi connectivity index (χ1n) is 9.13. The van der Waals surface area contributed by atoms with Crippen LogP contribution in [-0.2, 0) is 6.54 Å². The highest BCUT2D eigenvalue weighted by atomic mass is 79.9. The Morgan fingerprint density at radius 1 is 1.00 bits per heavy atom. The molecule has 0 amide bonds. The summed E-state index contributed by atoms with van der Waals surface area (Å²) in [7, 11) is 0. The van der Waals surface area contributed by atoms with Crippen LogP contribution in [-0.4, -0.2) is 16.2 Å². The smallest absolute Gasteiger partial charge is 0.262 e. The Bertz CT molecular complexity index is 1190. The van der Waals surface area contributed by atoms with Crippen molar-refractivity contribution in [1.29, 1.82) is 0 Å². The highest BCUT2D eigenvalue weighted by Gasteiger charge is 2.14. The molecule has 0 saturated heterocycles. The lowest BCUT2D eigenvalue weighted by molar-refractivity contribution is 0.340. The quantitative estimate of drug-likeness (QED) is 0.429. The summed E-state index contributed by atoms with van der Waals surface area (Å²) in [6.45, 7) is 2.98. The van der Waals surface area contributed by atoms with Gasteiger partial charge >= 0.3 is 0 Å². The van der Waals surface area contributed by atoms with E-state index in [0.717, 1.165) is 21.3 Å². The number of benzene rings is 3. The van der Waals surface area contributed by atoms with Gasteiger partial charge in [0.1, 0.15) is 11.6 Å². The van der Waals surface area contributed by atoms with Crippen LogP contribution in [0, 0.1) is 0 Å². The van der Waals surface area contributed by atoms with Crippen molar-refractivity contribution in [3.05, 3.63) is 93.2 Å². The number of hydrogen-bond acceptors (Lipinski definition) is 3. The van der Waals surface area contributed by atoms with Gasteiger partial charge in [-0.05, 0) is 42.8 Å². The topological polar surface area (TPSA) is 44.1 Å². The van der Waals surface area contributed by atoms with Gasteiger partial charge in [0.25, 0.3) is 5.56 Å². The molecule has 140 valence electrons. The first-order chi connectivity index (χ1) is 13.7. The first-order valence-corrected chi connectivity index (χ1v) is 9.92. The number of fused-ring (bicyclic) bond motifs is 1. The van der Waals surface area contributed by atoms with Gasteiger partial charge in [-0.1, -0.05) is 58.4 Å². The molecule has 28 heavy (non-hydrogen) atoms. The number of ether oxygens (including phenoxy) is 1. The Morgan fingerprint density at radius 2 is 1.82 bits per heavy atom. The molecule has 0 radical (unpaired) electrons. The second kappa shape index (κ2) is 7.98. The number of aromatic nitrogens is 2. The minimum atomic E-state index is -0.0630. The van der Waals surface area contributed by atoms with Crippen molar-refractivity contribution in [2.75, 3.05) is 6.61 Å². The van der Waals surface area contributed by atoms with Crippen molar-refractivity contribution in [1.82, 2.24) is 9.55 Å². The van der Waals surface area contributed by atoms with Gasteiger partial charge in [0.2, 0.25) is 0 Å². The molecule has 0 aliphatic heterocycles. The molecule has 4 nitrogen and oxygen atoms in total. The molecule has 3 aromatic carbocycles. The Balaban J connectivity index is 1.95. The number of hydrogen-bond donors (Lipinski definition) is 0. The van der Waals surface area contributed by atoms with Crippen LogP contribution < -0.4 is 10.3 Å². The fourth-order valence-corrected chi connectivity index (χ4v) is 3.58. The maximum Gasteiger partial charge on any atom is 0.262 e. The van der Waals surface area contributed by atoms with Crippen LogP contribution in [0.5, 0.6) is 5.75 Å². The molecule has 1 aromatic heterocycles. The average Bonchev–Trinajstić information content (AvgIpc) is 2.72. The second-order valence-corrected chi connectivity index (χ2v) is 7.35. The van der Waals surface area contributed by atoms with Crippen molar-refractivity contribution in [2.24, 2.45) is 0 Å². The second-order valence-electron chi connectivity index (χ2n) is 6.43. The average molecular weight is 435 g/mol. The Hall–Kier alpha value is -2.92. The molecule has 4 rings (SSSR count). The lowest BCUT2D eigenvalue weighted by atomic mass is 10.1. The van der Waals surface area contributed by atoms with Crippen LogP contribution in [0.2, 0.25) is 0 Å². The van der Waals surface area contributed by atoms with E-state index in [4.69, 9.17) is 9.72 Å². The predicted molar refractivity (Wildman–Crippen MR) is 116 cm³/mol. The van der Waals surface area contributed by atoms with Crippen LogP contribution in [0.1, 0.15) is 12.5 Å². The molecule has 0 aliphatic carbocycles. The van der Waals surface area contributed by atoms with Crippen molar-refractivity contribution in [2.45, 2.75) is 13.5 Å². The summed E-state index contributed by atoms with van der Waals surface area (Å²) in [6, 6.07) is 23.2. The third-order valence-corrected chi connectivity index (χ3v) is 5.00. The van der Waals surface area contributed by atoms with Gasteiger partial charge in [0.15, 0.2) is 0 Å².